The topological polar surface area (TPSA) is 73.1 Å². The van der Waals surface area contributed by atoms with Gasteiger partial charge in [-0.2, -0.15) is 4.98 Å². The van der Waals surface area contributed by atoms with E-state index in [1.165, 1.54) is 12.8 Å². The zero-order valence-electron chi connectivity index (χ0n) is 11.5. The van der Waals surface area contributed by atoms with Crippen LogP contribution in [-0.4, -0.2) is 34.4 Å². The predicted octanol–water partition coefficient (Wildman–Crippen LogP) is 2.42. The highest BCUT2D eigenvalue weighted by Gasteiger charge is 2.13. The summed E-state index contributed by atoms with van der Waals surface area (Å²) in [4.78, 5) is 8.53. The van der Waals surface area contributed by atoms with E-state index in [9.17, 15) is 0 Å². The lowest BCUT2D eigenvalue weighted by molar-refractivity contribution is 0.0247. The molecule has 6 nitrogen and oxygen atoms in total. The molecule has 1 N–H and O–H groups in total. The number of rotatable bonds is 4. The maximum atomic E-state index is 5.67. The summed E-state index contributed by atoms with van der Waals surface area (Å²) in [5.41, 5.74) is 0.824. The second-order valence-corrected chi connectivity index (χ2v) is 4.95. The van der Waals surface area contributed by atoms with E-state index in [2.05, 4.69) is 20.4 Å². The molecule has 3 heterocycles. The van der Waals surface area contributed by atoms with E-state index in [1.807, 2.05) is 12.1 Å². The average molecular weight is 274 g/mol. The highest BCUT2D eigenvalue weighted by Crippen LogP contribution is 2.18. The minimum atomic E-state index is 0.295. The van der Waals surface area contributed by atoms with E-state index in [0.717, 1.165) is 31.0 Å². The number of hydrogen-bond donors (Lipinski definition) is 1. The van der Waals surface area contributed by atoms with E-state index in [4.69, 9.17) is 9.26 Å². The largest absolute Gasteiger partial charge is 0.376 e. The van der Waals surface area contributed by atoms with Crippen LogP contribution in [0.25, 0.3) is 11.5 Å². The molecule has 2 aromatic rings. The number of anilines is 1. The Hall–Kier alpha value is -1.95. The maximum absolute atomic E-state index is 5.67. The second-order valence-electron chi connectivity index (χ2n) is 4.95. The standard InChI is InChI=1S/C14H18N4O2/c1-10-17-14(20-18-10)11-5-6-13(15-8-11)16-9-12-4-2-3-7-19-12/h5-6,8,12H,2-4,7,9H2,1H3,(H,15,16)/t12-/m1/s1. The van der Waals surface area contributed by atoms with E-state index >= 15 is 0 Å². The first-order valence-corrected chi connectivity index (χ1v) is 6.93. The van der Waals surface area contributed by atoms with Crippen LogP contribution < -0.4 is 5.32 Å². The molecule has 6 heteroatoms. The highest BCUT2D eigenvalue weighted by atomic mass is 16.5. The molecule has 0 unspecified atom stereocenters. The van der Waals surface area contributed by atoms with Crippen LogP contribution in [0.1, 0.15) is 25.1 Å². The number of pyridine rings is 1. The first-order valence-electron chi connectivity index (χ1n) is 6.93. The monoisotopic (exact) mass is 274 g/mol. The predicted molar refractivity (Wildman–Crippen MR) is 74.3 cm³/mol. The summed E-state index contributed by atoms with van der Waals surface area (Å²) in [5.74, 6) is 1.95. The van der Waals surface area contributed by atoms with Gasteiger partial charge in [-0.15, -0.1) is 0 Å². The van der Waals surface area contributed by atoms with Gasteiger partial charge in [0.15, 0.2) is 5.82 Å². The van der Waals surface area contributed by atoms with Gasteiger partial charge >= 0.3 is 0 Å². The van der Waals surface area contributed by atoms with Crippen LogP contribution in [0.4, 0.5) is 5.82 Å². The van der Waals surface area contributed by atoms with Gasteiger partial charge in [-0.1, -0.05) is 5.16 Å². The van der Waals surface area contributed by atoms with Crippen LogP contribution in [0.5, 0.6) is 0 Å². The van der Waals surface area contributed by atoms with Crippen LogP contribution in [0.3, 0.4) is 0 Å². The average Bonchev–Trinajstić information content (AvgIpc) is 2.93. The minimum absolute atomic E-state index is 0.295. The van der Waals surface area contributed by atoms with Crippen molar-refractivity contribution in [1.82, 2.24) is 15.1 Å². The fourth-order valence-corrected chi connectivity index (χ4v) is 2.23. The third-order valence-corrected chi connectivity index (χ3v) is 3.32. The van der Waals surface area contributed by atoms with Crippen LogP contribution in [0, 0.1) is 6.92 Å². The molecule has 1 atom stereocenters. The zero-order valence-corrected chi connectivity index (χ0v) is 11.5. The molecule has 0 amide bonds. The molecule has 3 rings (SSSR count). The molecule has 1 saturated heterocycles. The smallest absolute Gasteiger partial charge is 0.259 e. The summed E-state index contributed by atoms with van der Waals surface area (Å²) < 4.78 is 10.8. The van der Waals surface area contributed by atoms with Gasteiger partial charge in [0, 0.05) is 19.3 Å². The van der Waals surface area contributed by atoms with Crippen molar-refractivity contribution in [3.63, 3.8) is 0 Å². The molecule has 0 saturated carbocycles. The SMILES string of the molecule is Cc1noc(-c2ccc(NC[C@H]3CCCCO3)nc2)n1. The van der Waals surface area contributed by atoms with Crippen molar-refractivity contribution in [2.24, 2.45) is 0 Å². The van der Waals surface area contributed by atoms with Crippen LogP contribution >= 0.6 is 0 Å². The molecule has 0 aliphatic carbocycles. The number of hydrogen-bond acceptors (Lipinski definition) is 6. The van der Waals surface area contributed by atoms with Gasteiger partial charge < -0.3 is 14.6 Å². The summed E-state index contributed by atoms with van der Waals surface area (Å²) in [6.45, 7) is 3.46. The number of aromatic nitrogens is 3. The molecule has 1 fully saturated rings. The molecule has 1 aliphatic heterocycles. The van der Waals surface area contributed by atoms with Crippen molar-refractivity contribution >= 4 is 5.82 Å². The number of nitrogens with zero attached hydrogens (tertiary/aromatic N) is 3. The van der Waals surface area contributed by atoms with Gasteiger partial charge in [-0.3, -0.25) is 0 Å². The van der Waals surface area contributed by atoms with Gasteiger partial charge in [-0.05, 0) is 38.3 Å². The Morgan fingerprint density at radius 2 is 2.30 bits per heavy atom. The number of ether oxygens (including phenoxy) is 1. The molecular weight excluding hydrogens is 256 g/mol. The lowest BCUT2D eigenvalue weighted by Crippen LogP contribution is -2.27. The van der Waals surface area contributed by atoms with Gasteiger partial charge in [0.1, 0.15) is 5.82 Å². The first kappa shape index (κ1) is 13.1. The first-order chi connectivity index (χ1) is 9.81. The summed E-state index contributed by atoms with van der Waals surface area (Å²) >= 11 is 0. The summed E-state index contributed by atoms with van der Waals surface area (Å²) in [5, 5.41) is 7.06. The van der Waals surface area contributed by atoms with Crippen LogP contribution in [-0.2, 0) is 4.74 Å². The van der Waals surface area contributed by atoms with Crippen molar-refractivity contribution in [2.45, 2.75) is 32.3 Å². The molecule has 20 heavy (non-hydrogen) atoms. The number of nitrogens with one attached hydrogen (secondary N) is 1. The Labute approximate surface area is 117 Å². The van der Waals surface area contributed by atoms with Crippen molar-refractivity contribution in [3.8, 4) is 11.5 Å². The molecule has 0 spiro atoms. The molecular formula is C14H18N4O2. The summed E-state index contributed by atoms with van der Waals surface area (Å²) in [7, 11) is 0. The highest BCUT2D eigenvalue weighted by molar-refractivity contribution is 5.54. The van der Waals surface area contributed by atoms with Crippen LogP contribution in [0.2, 0.25) is 0 Å². The Morgan fingerprint density at radius 3 is 2.95 bits per heavy atom. The third-order valence-electron chi connectivity index (χ3n) is 3.32. The van der Waals surface area contributed by atoms with Gasteiger partial charge in [-0.25, -0.2) is 4.98 Å². The number of aryl methyl sites for hydroxylation is 1. The quantitative estimate of drug-likeness (QED) is 0.923. The van der Waals surface area contributed by atoms with E-state index in [0.29, 0.717) is 17.8 Å². The molecule has 0 bridgehead atoms. The Morgan fingerprint density at radius 1 is 1.35 bits per heavy atom. The molecule has 2 aromatic heterocycles. The Kier molecular flexibility index (Phi) is 3.92. The summed E-state index contributed by atoms with van der Waals surface area (Å²) in [6.07, 6.45) is 5.56. The Bertz CT molecular complexity index is 547. The lowest BCUT2D eigenvalue weighted by atomic mass is 10.1. The van der Waals surface area contributed by atoms with E-state index < -0.39 is 0 Å². The van der Waals surface area contributed by atoms with Crippen LogP contribution in [0.15, 0.2) is 22.9 Å². The lowest BCUT2D eigenvalue weighted by Gasteiger charge is -2.22. The fraction of sp³-hybridized carbons (Fsp3) is 0.500. The molecule has 0 aromatic carbocycles. The second kappa shape index (κ2) is 6.00. The summed E-state index contributed by atoms with van der Waals surface area (Å²) in [6, 6.07) is 3.84. The Balaban J connectivity index is 1.58. The molecule has 0 radical (unpaired) electrons. The minimum Gasteiger partial charge on any atom is -0.376 e. The van der Waals surface area contributed by atoms with E-state index in [1.54, 1.807) is 13.1 Å². The van der Waals surface area contributed by atoms with Gasteiger partial charge in [0.25, 0.3) is 5.89 Å². The van der Waals surface area contributed by atoms with E-state index in [-0.39, 0.29) is 0 Å². The van der Waals surface area contributed by atoms with Gasteiger partial charge in [0.2, 0.25) is 0 Å². The van der Waals surface area contributed by atoms with Crippen molar-refractivity contribution in [3.05, 3.63) is 24.2 Å². The van der Waals surface area contributed by atoms with Crippen molar-refractivity contribution in [2.75, 3.05) is 18.5 Å². The zero-order chi connectivity index (χ0) is 13.8. The maximum Gasteiger partial charge on any atom is 0.259 e. The molecule has 1 aliphatic rings. The normalized spacial score (nSPS) is 18.9. The van der Waals surface area contributed by atoms with Crippen molar-refractivity contribution < 1.29 is 9.26 Å². The van der Waals surface area contributed by atoms with Crippen molar-refractivity contribution in [1.29, 1.82) is 0 Å². The molecule has 106 valence electrons. The van der Waals surface area contributed by atoms with Gasteiger partial charge in [0.05, 0.1) is 11.7 Å². The fourth-order valence-electron chi connectivity index (χ4n) is 2.23. The third kappa shape index (κ3) is 3.14.